The number of para-hydroxylation sites is 1. The maximum atomic E-state index is 12.0. The maximum Gasteiger partial charge on any atom is 0.260 e. The van der Waals surface area contributed by atoms with Crippen molar-refractivity contribution in [2.45, 2.75) is 0 Å². The van der Waals surface area contributed by atoms with Crippen LogP contribution in [0.2, 0.25) is 0 Å². The lowest BCUT2D eigenvalue weighted by Gasteiger charge is -2.09. The molecule has 0 aliphatic rings. The van der Waals surface area contributed by atoms with E-state index in [2.05, 4.69) is 22.1 Å². The predicted octanol–water partition coefficient (Wildman–Crippen LogP) is 2.23. The number of benzene rings is 1. The summed E-state index contributed by atoms with van der Waals surface area (Å²) in [5.41, 5.74) is 0.467. The van der Waals surface area contributed by atoms with Gasteiger partial charge in [-0.3, -0.25) is 9.89 Å². The number of H-pyrrole nitrogens is 1. The van der Waals surface area contributed by atoms with Gasteiger partial charge >= 0.3 is 0 Å². The number of aromatic amines is 1. The normalized spacial score (nSPS) is 9.78. The molecule has 5 nitrogen and oxygen atoms in total. The lowest BCUT2D eigenvalue weighted by Crippen LogP contribution is -2.14. The summed E-state index contributed by atoms with van der Waals surface area (Å²) in [5.74, 6) is 0.812. The van der Waals surface area contributed by atoms with Crippen LogP contribution in [0.4, 0.5) is 5.82 Å². The number of nitrogens with zero attached hydrogens (tertiary/aromatic N) is 1. The molecule has 0 saturated heterocycles. The van der Waals surface area contributed by atoms with E-state index in [1.165, 1.54) is 0 Å². The van der Waals surface area contributed by atoms with Crippen molar-refractivity contribution in [3.63, 3.8) is 0 Å². The first-order valence-corrected chi connectivity index (χ1v) is 5.44. The van der Waals surface area contributed by atoms with Crippen molar-refractivity contribution in [2.24, 2.45) is 0 Å². The van der Waals surface area contributed by atoms with Crippen LogP contribution in [0.15, 0.2) is 49.2 Å². The third kappa shape index (κ3) is 2.76. The van der Waals surface area contributed by atoms with Crippen molar-refractivity contribution in [2.75, 3.05) is 11.9 Å². The number of amides is 1. The Labute approximate surface area is 104 Å². The summed E-state index contributed by atoms with van der Waals surface area (Å²) in [5, 5.41) is 9.11. The first kappa shape index (κ1) is 11.9. The lowest BCUT2D eigenvalue weighted by molar-refractivity contribution is 0.102. The van der Waals surface area contributed by atoms with Gasteiger partial charge in [0.05, 0.1) is 11.8 Å². The fraction of sp³-hybridized carbons (Fsp3) is 0.0769. The molecule has 0 atom stereocenters. The highest BCUT2D eigenvalue weighted by atomic mass is 16.5. The summed E-state index contributed by atoms with van der Waals surface area (Å²) >= 11 is 0. The maximum absolute atomic E-state index is 12.0. The summed E-state index contributed by atoms with van der Waals surface area (Å²) in [4.78, 5) is 12.0. The van der Waals surface area contributed by atoms with Gasteiger partial charge in [0.25, 0.3) is 5.91 Å². The van der Waals surface area contributed by atoms with E-state index >= 15 is 0 Å². The van der Waals surface area contributed by atoms with E-state index in [1.54, 1.807) is 36.5 Å². The van der Waals surface area contributed by atoms with Crippen LogP contribution in [0.25, 0.3) is 0 Å². The Hall–Kier alpha value is -2.56. The van der Waals surface area contributed by atoms with Crippen molar-refractivity contribution in [3.05, 3.63) is 54.7 Å². The van der Waals surface area contributed by atoms with Crippen LogP contribution < -0.4 is 10.1 Å². The van der Waals surface area contributed by atoms with Crippen molar-refractivity contribution >= 4 is 11.7 Å². The largest absolute Gasteiger partial charge is 0.489 e. The molecule has 1 aromatic carbocycles. The van der Waals surface area contributed by atoms with Crippen LogP contribution in [0.5, 0.6) is 5.75 Å². The van der Waals surface area contributed by atoms with E-state index in [0.717, 1.165) is 0 Å². The molecular weight excluding hydrogens is 230 g/mol. The molecule has 1 heterocycles. The second-order valence-electron chi connectivity index (χ2n) is 3.52. The van der Waals surface area contributed by atoms with E-state index in [-0.39, 0.29) is 5.91 Å². The number of rotatable bonds is 5. The Balaban J connectivity index is 2.16. The molecule has 92 valence electrons. The summed E-state index contributed by atoms with van der Waals surface area (Å²) in [6.45, 7) is 3.93. The number of nitrogens with one attached hydrogen (secondary N) is 2. The molecule has 18 heavy (non-hydrogen) atoms. The Bertz CT molecular complexity index is 535. The molecule has 0 aliphatic carbocycles. The minimum Gasteiger partial charge on any atom is -0.489 e. The van der Waals surface area contributed by atoms with Gasteiger partial charge in [-0.1, -0.05) is 24.8 Å². The van der Waals surface area contributed by atoms with Gasteiger partial charge in [-0.25, -0.2) is 0 Å². The molecule has 1 aromatic heterocycles. The molecule has 1 amide bonds. The Kier molecular flexibility index (Phi) is 3.76. The molecule has 2 N–H and O–H groups in total. The molecule has 0 aliphatic heterocycles. The van der Waals surface area contributed by atoms with Crippen LogP contribution in [0, 0.1) is 0 Å². The van der Waals surface area contributed by atoms with Crippen LogP contribution in [0.3, 0.4) is 0 Å². The minimum absolute atomic E-state index is 0.251. The minimum atomic E-state index is -0.251. The third-order valence-electron chi connectivity index (χ3n) is 2.24. The van der Waals surface area contributed by atoms with Gasteiger partial charge in [0, 0.05) is 6.07 Å². The fourth-order valence-corrected chi connectivity index (χ4v) is 1.44. The van der Waals surface area contributed by atoms with Gasteiger partial charge in [0.15, 0.2) is 0 Å². The molecule has 0 spiro atoms. The van der Waals surface area contributed by atoms with E-state index in [4.69, 9.17) is 4.74 Å². The van der Waals surface area contributed by atoms with Gasteiger partial charge in [-0.05, 0) is 12.1 Å². The second kappa shape index (κ2) is 5.67. The highest BCUT2D eigenvalue weighted by Crippen LogP contribution is 2.19. The predicted molar refractivity (Wildman–Crippen MR) is 68.7 cm³/mol. The zero-order valence-corrected chi connectivity index (χ0v) is 9.72. The highest BCUT2D eigenvalue weighted by Gasteiger charge is 2.12. The second-order valence-corrected chi connectivity index (χ2v) is 3.52. The average molecular weight is 243 g/mol. The Morgan fingerprint density at radius 3 is 3.00 bits per heavy atom. The summed E-state index contributed by atoms with van der Waals surface area (Å²) in [6.07, 6.45) is 3.19. The molecule has 2 aromatic rings. The van der Waals surface area contributed by atoms with Crippen LogP contribution in [-0.4, -0.2) is 22.7 Å². The van der Waals surface area contributed by atoms with E-state index in [1.807, 2.05) is 6.07 Å². The van der Waals surface area contributed by atoms with E-state index < -0.39 is 0 Å². The first-order chi connectivity index (χ1) is 8.81. The number of carbonyl (C=O) groups is 1. The van der Waals surface area contributed by atoms with Gasteiger partial charge in [-0.2, -0.15) is 5.10 Å². The number of hydrogen-bond acceptors (Lipinski definition) is 3. The quantitative estimate of drug-likeness (QED) is 0.791. The number of aromatic nitrogens is 2. The Morgan fingerprint density at radius 2 is 2.28 bits per heavy atom. The summed E-state index contributed by atoms with van der Waals surface area (Å²) in [6, 6.07) is 8.70. The average Bonchev–Trinajstić information content (AvgIpc) is 2.89. The topological polar surface area (TPSA) is 67.0 Å². The first-order valence-electron chi connectivity index (χ1n) is 5.44. The summed E-state index contributed by atoms with van der Waals surface area (Å²) in [7, 11) is 0. The van der Waals surface area contributed by atoms with Crippen LogP contribution in [-0.2, 0) is 0 Å². The standard InChI is InChI=1S/C13H13N3O2/c1-2-9-18-11-6-4-3-5-10(11)13(17)15-12-7-8-14-16-12/h2-8H,1,9H2,(H2,14,15,16,17). The van der Waals surface area contributed by atoms with Crippen molar-refractivity contribution in [3.8, 4) is 5.75 Å². The number of carbonyl (C=O) groups excluding carboxylic acids is 1. The van der Waals surface area contributed by atoms with Gasteiger partial charge < -0.3 is 10.1 Å². The van der Waals surface area contributed by atoms with Gasteiger partial charge in [0.2, 0.25) is 0 Å². The number of hydrogen-bond donors (Lipinski definition) is 2. The fourth-order valence-electron chi connectivity index (χ4n) is 1.44. The van der Waals surface area contributed by atoms with E-state index in [0.29, 0.717) is 23.7 Å². The smallest absolute Gasteiger partial charge is 0.260 e. The lowest BCUT2D eigenvalue weighted by atomic mass is 10.2. The zero-order chi connectivity index (χ0) is 12.8. The van der Waals surface area contributed by atoms with Gasteiger partial charge in [0.1, 0.15) is 18.2 Å². The van der Waals surface area contributed by atoms with Gasteiger partial charge in [-0.15, -0.1) is 0 Å². The molecular formula is C13H13N3O2. The molecule has 0 radical (unpaired) electrons. The molecule has 2 rings (SSSR count). The van der Waals surface area contributed by atoms with E-state index in [9.17, 15) is 4.79 Å². The zero-order valence-electron chi connectivity index (χ0n) is 9.72. The molecule has 0 unspecified atom stereocenters. The van der Waals surface area contributed by atoms with Crippen molar-refractivity contribution < 1.29 is 9.53 Å². The highest BCUT2D eigenvalue weighted by molar-refractivity contribution is 6.05. The van der Waals surface area contributed by atoms with Crippen LogP contribution >= 0.6 is 0 Å². The molecule has 0 bridgehead atoms. The Morgan fingerprint density at radius 1 is 1.44 bits per heavy atom. The monoisotopic (exact) mass is 243 g/mol. The van der Waals surface area contributed by atoms with Crippen LogP contribution in [0.1, 0.15) is 10.4 Å². The number of ether oxygens (including phenoxy) is 1. The molecule has 0 fully saturated rings. The SMILES string of the molecule is C=CCOc1ccccc1C(=O)Nc1ccn[nH]1. The molecule has 5 heteroatoms. The summed E-state index contributed by atoms with van der Waals surface area (Å²) < 4.78 is 5.42. The number of anilines is 1. The molecule has 0 saturated carbocycles. The third-order valence-corrected chi connectivity index (χ3v) is 2.24. The van der Waals surface area contributed by atoms with Crippen molar-refractivity contribution in [1.82, 2.24) is 10.2 Å². The van der Waals surface area contributed by atoms with Crippen molar-refractivity contribution in [1.29, 1.82) is 0 Å².